The van der Waals surface area contributed by atoms with E-state index >= 15 is 0 Å². The van der Waals surface area contributed by atoms with E-state index in [1.807, 2.05) is 56.3 Å². The fourth-order valence-corrected chi connectivity index (χ4v) is 2.66. The van der Waals surface area contributed by atoms with E-state index in [9.17, 15) is 9.59 Å². The van der Waals surface area contributed by atoms with Gasteiger partial charge in [-0.1, -0.05) is 30.3 Å². The lowest BCUT2D eigenvalue weighted by Gasteiger charge is -2.10. The molecule has 0 spiro atoms. The van der Waals surface area contributed by atoms with Crippen molar-refractivity contribution in [1.82, 2.24) is 5.43 Å². The molecule has 2 aromatic carbocycles. The summed E-state index contributed by atoms with van der Waals surface area (Å²) in [6.45, 7) is 3.95. The summed E-state index contributed by atoms with van der Waals surface area (Å²) in [6.07, 6.45) is 1.79. The summed E-state index contributed by atoms with van der Waals surface area (Å²) < 4.78 is 1.05. The topological polar surface area (TPSA) is 70.6 Å². The fourth-order valence-electron chi connectivity index (χ4n) is 2.14. The van der Waals surface area contributed by atoms with Crippen molar-refractivity contribution in [2.75, 3.05) is 5.32 Å². The number of hydrazone groups is 1. The second-order valence-electron chi connectivity index (χ2n) is 5.61. The van der Waals surface area contributed by atoms with E-state index in [1.165, 1.54) is 0 Å². The van der Waals surface area contributed by atoms with Gasteiger partial charge in [0.25, 0.3) is 0 Å². The maximum absolute atomic E-state index is 12.0. The van der Waals surface area contributed by atoms with Gasteiger partial charge in [0.1, 0.15) is 0 Å². The Morgan fingerprint density at radius 1 is 1.04 bits per heavy atom. The summed E-state index contributed by atoms with van der Waals surface area (Å²) in [7, 11) is 0. The van der Waals surface area contributed by atoms with Gasteiger partial charge in [-0.05, 0) is 59.7 Å². The Kier molecular flexibility index (Phi) is 7.12. The smallest absolute Gasteiger partial charge is 0.240 e. The molecular formula is C19H20IN3O2. The number of halogens is 1. The van der Waals surface area contributed by atoms with E-state index in [0.717, 1.165) is 25.9 Å². The van der Waals surface area contributed by atoms with Gasteiger partial charge in [0.05, 0.1) is 6.21 Å². The number of amides is 2. The molecule has 2 rings (SSSR count). The lowest BCUT2D eigenvalue weighted by Crippen LogP contribution is -2.21. The molecule has 0 bridgehead atoms. The molecule has 0 saturated carbocycles. The molecule has 0 saturated heterocycles. The van der Waals surface area contributed by atoms with E-state index < -0.39 is 0 Å². The van der Waals surface area contributed by atoms with Gasteiger partial charge in [0.15, 0.2) is 0 Å². The van der Waals surface area contributed by atoms with Crippen LogP contribution in [-0.4, -0.2) is 18.0 Å². The average Bonchev–Trinajstić information content (AvgIpc) is 2.59. The van der Waals surface area contributed by atoms with Crippen molar-refractivity contribution in [3.05, 3.63) is 62.7 Å². The van der Waals surface area contributed by atoms with Crippen molar-refractivity contribution in [2.24, 2.45) is 5.10 Å². The standard InChI is InChI=1S/C19H20IN3O2/c1-13-6-5-9-17(14(13)2)22-18(24)10-11-19(25)23-21-12-15-7-3-4-8-16(15)20/h3-9,12H,10-11H2,1-2H3,(H,22,24)(H,23,25). The van der Waals surface area contributed by atoms with Crippen LogP contribution in [-0.2, 0) is 9.59 Å². The minimum atomic E-state index is -0.293. The van der Waals surface area contributed by atoms with E-state index in [-0.39, 0.29) is 24.7 Å². The van der Waals surface area contributed by atoms with Crippen molar-refractivity contribution >= 4 is 46.3 Å². The van der Waals surface area contributed by atoms with Crippen molar-refractivity contribution in [2.45, 2.75) is 26.7 Å². The Hall–Kier alpha value is -2.22. The Morgan fingerprint density at radius 3 is 2.52 bits per heavy atom. The van der Waals surface area contributed by atoms with E-state index in [4.69, 9.17) is 0 Å². The number of rotatable bonds is 6. The number of hydrogen-bond donors (Lipinski definition) is 2. The quantitative estimate of drug-likeness (QED) is 0.401. The third-order valence-electron chi connectivity index (χ3n) is 3.76. The summed E-state index contributed by atoms with van der Waals surface area (Å²) in [6, 6.07) is 13.5. The first-order valence-corrected chi connectivity index (χ1v) is 8.97. The van der Waals surface area contributed by atoms with Crippen LogP contribution in [0.4, 0.5) is 5.69 Å². The largest absolute Gasteiger partial charge is 0.326 e. The van der Waals surface area contributed by atoms with Gasteiger partial charge in [-0.3, -0.25) is 9.59 Å². The first kappa shape index (κ1) is 19.1. The summed E-state index contributed by atoms with van der Waals surface area (Å²) in [5.41, 5.74) is 6.29. The van der Waals surface area contributed by atoms with Crippen LogP contribution in [0.2, 0.25) is 0 Å². The molecule has 0 radical (unpaired) electrons. The molecule has 0 aliphatic carbocycles. The van der Waals surface area contributed by atoms with Crippen LogP contribution in [0.3, 0.4) is 0 Å². The maximum Gasteiger partial charge on any atom is 0.240 e. The molecule has 0 aromatic heterocycles. The second kappa shape index (κ2) is 9.31. The molecule has 6 heteroatoms. The molecule has 0 aliphatic rings. The molecule has 5 nitrogen and oxygen atoms in total. The molecule has 2 N–H and O–H groups in total. The minimum absolute atomic E-state index is 0.0833. The average molecular weight is 449 g/mol. The molecule has 0 fully saturated rings. The highest BCUT2D eigenvalue weighted by Gasteiger charge is 2.08. The zero-order valence-electron chi connectivity index (χ0n) is 14.2. The molecule has 0 aliphatic heterocycles. The zero-order chi connectivity index (χ0) is 18.2. The van der Waals surface area contributed by atoms with Crippen LogP contribution in [0.15, 0.2) is 47.6 Å². The third-order valence-corrected chi connectivity index (χ3v) is 4.74. The number of aryl methyl sites for hydroxylation is 1. The molecule has 0 heterocycles. The van der Waals surface area contributed by atoms with Gasteiger partial charge in [0.2, 0.25) is 11.8 Å². The van der Waals surface area contributed by atoms with Crippen molar-refractivity contribution in [3.8, 4) is 0 Å². The molecule has 2 aromatic rings. The number of carbonyl (C=O) groups excluding carboxylic acids is 2. The van der Waals surface area contributed by atoms with Crippen LogP contribution in [0.25, 0.3) is 0 Å². The van der Waals surface area contributed by atoms with Gasteiger partial charge in [-0.15, -0.1) is 0 Å². The number of benzene rings is 2. The molecule has 0 unspecified atom stereocenters. The number of hydrogen-bond acceptors (Lipinski definition) is 3. The molecule has 2 amide bonds. The molecular weight excluding hydrogens is 429 g/mol. The van der Waals surface area contributed by atoms with Crippen LogP contribution in [0.1, 0.15) is 29.5 Å². The summed E-state index contributed by atoms with van der Waals surface area (Å²) in [5.74, 6) is -0.483. The minimum Gasteiger partial charge on any atom is -0.326 e. The second-order valence-corrected chi connectivity index (χ2v) is 6.77. The first-order chi connectivity index (χ1) is 12.0. The Bertz CT molecular complexity index is 803. The lowest BCUT2D eigenvalue weighted by molar-refractivity contribution is -0.124. The predicted molar refractivity (Wildman–Crippen MR) is 109 cm³/mol. The normalized spacial score (nSPS) is 10.7. The van der Waals surface area contributed by atoms with E-state index in [2.05, 4.69) is 38.4 Å². The molecule has 0 atom stereocenters. The summed E-state index contributed by atoms with van der Waals surface area (Å²) in [5, 5.41) is 6.77. The SMILES string of the molecule is Cc1cccc(NC(=O)CCC(=O)NN=Cc2ccccc2I)c1C. The van der Waals surface area contributed by atoms with Crippen molar-refractivity contribution in [3.63, 3.8) is 0 Å². The predicted octanol–water partition coefficient (Wildman–Crippen LogP) is 3.78. The van der Waals surface area contributed by atoms with Gasteiger partial charge < -0.3 is 5.32 Å². The van der Waals surface area contributed by atoms with Crippen LogP contribution in [0, 0.1) is 17.4 Å². The van der Waals surface area contributed by atoms with E-state index in [0.29, 0.717) is 0 Å². The molecule has 130 valence electrons. The zero-order valence-corrected chi connectivity index (χ0v) is 16.3. The van der Waals surface area contributed by atoms with Crippen molar-refractivity contribution < 1.29 is 9.59 Å². The number of anilines is 1. The number of nitrogens with zero attached hydrogens (tertiary/aromatic N) is 1. The lowest BCUT2D eigenvalue weighted by atomic mass is 10.1. The van der Waals surface area contributed by atoms with Crippen LogP contribution in [0.5, 0.6) is 0 Å². The first-order valence-electron chi connectivity index (χ1n) is 7.90. The van der Waals surface area contributed by atoms with Crippen LogP contribution >= 0.6 is 22.6 Å². The number of carbonyl (C=O) groups is 2. The third kappa shape index (κ3) is 5.97. The van der Waals surface area contributed by atoms with Gasteiger partial charge in [-0.25, -0.2) is 5.43 Å². The highest BCUT2D eigenvalue weighted by atomic mass is 127. The summed E-state index contributed by atoms with van der Waals surface area (Å²) in [4.78, 5) is 23.8. The highest BCUT2D eigenvalue weighted by Crippen LogP contribution is 2.18. The Balaban J connectivity index is 1.79. The van der Waals surface area contributed by atoms with Gasteiger partial charge in [-0.2, -0.15) is 5.10 Å². The molecule has 25 heavy (non-hydrogen) atoms. The number of nitrogens with one attached hydrogen (secondary N) is 2. The monoisotopic (exact) mass is 449 g/mol. The van der Waals surface area contributed by atoms with Crippen molar-refractivity contribution in [1.29, 1.82) is 0 Å². The fraction of sp³-hybridized carbons (Fsp3) is 0.211. The summed E-state index contributed by atoms with van der Waals surface area (Å²) >= 11 is 2.20. The van der Waals surface area contributed by atoms with Crippen LogP contribution < -0.4 is 10.7 Å². The Labute approximate surface area is 161 Å². The van der Waals surface area contributed by atoms with E-state index in [1.54, 1.807) is 6.21 Å². The highest BCUT2D eigenvalue weighted by molar-refractivity contribution is 14.1. The Morgan fingerprint density at radius 2 is 1.76 bits per heavy atom. The van der Waals surface area contributed by atoms with Gasteiger partial charge >= 0.3 is 0 Å². The van der Waals surface area contributed by atoms with Gasteiger partial charge in [0, 0.05) is 27.7 Å². The maximum atomic E-state index is 12.0.